The second-order valence-corrected chi connectivity index (χ2v) is 6.00. The number of hydrogen-bond acceptors (Lipinski definition) is 2. The van der Waals surface area contributed by atoms with E-state index in [0.29, 0.717) is 13.2 Å². The Balaban J connectivity index is 0.00000225. The van der Waals surface area contributed by atoms with Gasteiger partial charge in [-0.15, -0.1) is 12.4 Å². The first-order valence-corrected chi connectivity index (χ1v) is 8.33. The van der Waals surface area contributed by atoms with Crippen LogP contribution in [-0.2, 0) is 13.0 Å². The van der Waals surface area contributed by atoms with Crippen molar-refractivity contribution < 1.29 is 4.74 Å². The molecule has 0 unspecified atom stereocenters. The van der Waals surface area contributed by atoms with Crippen molar-refractivity contribution in [3.05, 3.63) is 89.5 Å². The van der Waals surface area contributed by atoms with Gasteiger partial charge < -0.3 is 10.5 Å². The van der Waals surface area contributed by atoms with Gasteiger partial charge in [0.2, 0.25) is 0 Å². The van der Waals surface area contributed by atoms with Crippen molar-refractivity contribution in [1.82, 2.24) is 0 Å². The van der Waals surface area contributed by atoms with Crippen LogP contribution >= 0.6 is 12.4 Å². The summed E-state index contributed by atoms with van der Waals surface area (Å²) in [5, 5.41) is 0. The summed E-state index contributed by atoms with van der Waals surface area (Å²) in [6.45, 7) is 3.35. The highest BCUT2D eigenvalue weighted by atomic mass is 35.5. The van der Waals surface area contributed by atoms with Crippen molar-refractivity contribution >= 4 is 12.4 Å². The smallest absolute Gasteiger partial charge is 0.120 e. The van der Waals surface area contributed by atoms with Gasteiger partial charge >= 0.3 is 0 Å². The maximum Gasteiger partial charge on any atom is 0.120 e. The van der Waals surface area contributed by atoms with Crippen LogP contribution in [0.2, 0.25) is 0 Å². The van der Waals surface area contributed by atoms with E-state index in [4.69, 9.17) is 10.5 Å². The summed E-state index contributed by atoms with van der Waals surface area (Å²) in [6, 6.07) is 25.0. The Labute approximate surface area is 156 Å². The number of ether oxygens (including phenoxy) is 1. The summed E-state index contributed by atoms with van der Waals surface area (Å²) < 4.78 is 5.96. The second kappa shape index (κ2) is 9.26. The Morgan fingerprint density at radius 3 is 2.44 bits per heavy atom. The predicted octanol–water partition coefficient (Wildman–Crippen LogP) is 5.16. The van der Waals surface area contributed by atoms with Gasteiger partial charge in [-0.25, -0.2) is 0 Å². The van der Waals surface area contributed by atoms with E-state index >= 15 is 0 Å². The Kier molecular flexibility index (Phi) is 7.05. The lowest BCUT2D eigenvalue weighted by Crippen LogP contribution is -2.04. The van der Waals surface area contributed by atoms with E-state index in [-0.39, 0.29) is 12.4 Å². The van der Waals surface area contributed by atoms with E-state index in [1.807, 2.05) is 30.3 Å². The summed E-state index contributed by atoms with van der Waals surface area (Å²) >= 11 is 0. The van der Waals surface area contributed by atoms with Gasteiger partial charge in [0.15, 0.2) is 0 Å². The maximum atomic E-state index is 5.96. The topological polar surface area (TPSA) is 35.2 Å². The molecule has 0 aromatic heterocycles. The minimum absolute atomic E-state index is 0. The lowest BCUT2D eigenvalue weighted by molar-refractivity contribution is 0.306. The minimum atomic E-state index is 0. The fourth-order valence-electron chi connectivity index (χ4n) is 2.83. The fourth-order valence-corrected chi connectivity index (χ4v) is 2.83. The number of rotatable bonds is 6. The molecule has 2 N–H and O–H groups in total. The summed E-state index contributed by atoms with van der Waals surface area (Å²) in [6.07, 6.45) is 0.880. The molecule has 0 saturated heterocycles. The molecule has 0 saturated carbocycles. The van der Waals surface area contributed by atoms with Crippen molar-refractivity contribution in [3.8, 4) is 16.9 Å². The summed E-state index contributed by atoms with van der Waals surface area (Å²) in [5.41, 5.74) is 11.9. The van der Waals surface area contributed by atoms with Gasteiger partial charge in [0.1, 0.15) is 12.4 Å². The molecule has 2 nitrogen and oxygen atoms in total. The number of halogens is 1. The highest BCUT2D eigenvalue weighted by molar-refractivity contribution is 5.85. The molecule has 0 fully saturated rings. The van der Waals surface area contributed by atoms with Crippen molar-refractivity contribution in [3.63, 3.8) is 0 Å². The van der Waals surface area contributed by atoms with Gasteiger partial charge in [0.05, 0.1) is 0 Å². The van der Waals surface area contributed by atoms with Crippen LogP contribution in [0.3, 0.4) is 0 Å². The molecule has 0 aliphatic carbocycles. The van der Waals surface area contributed by atoms with E-state index < -0.39 is 0 Å². The van der Waals surface area contributed by atoms with Crippen LogP contribution in [0.15, 0.2) is 72.8 Å². The lowest BCUT2D eigenvalue weighted by atomic mass is 9.95. The average molecular weight is 354 g/mol. The molecule has 3 heteroatoms. The first kappa shape index (κ1) is 19.0. The molecule has 25 heavy (non-hydrogen) atoms. The normalized spacial score (nSPS) is 10.2. The van der Waals surface area contributed by atoms with Crippen LogP contribution < -0.4 is 10.5 Å². The zero-order valence-corrected chi connectivity index (χ0v) is 15.3. The van der Waals surface area contributed by atoms with Crippen LogP contribution in [0.1, 0.15) is 16.7 Å². The van der Waals surface area contributed by atoms with Gasteiger partial charge in [-0.3, -0.25) is 0 Å². The first-order valence-electron chi connectivity index (χ1n) is 8.33. The van der Waals surface area contributed by atoms with Crippen molar-refractivity contribution in [2.45, 2.75) is 20.0 Å². The van der Waals surface area contributed by atoms with Crippen LogP contribution in [0, 0.1) is 6.92 Å². The molecule has 3 aromatic rings. The predicted molar refractivity (Wildman–Crippen MR) is 107 cm³/mol. The number of hydrogen-bond donors (Lipinski definition) is 1. The molecule has 0 radical (unpaired) electrons. The van der Waals surface area contributed by atoms with E-state index in [2.05, 4.69) is 49.4 Å². The van der Waals surface area contributed by atoms with Crippen molar-refractivity contribution in [2.24, 2.45) is 5.73 Å². The first-order chi connectivity index (χ1) is 11.8. The fraction of sp³-hybridized carbons (Fsp3) is 0.182. The zero-order valence-electron chi connectivity index (χ0n) is 14.4. The SMILES string of the molecule is Cc1ccc(CCN)c(-c2cccc(OCc3ccccc3)c2)c1.Cl. The number of aryl methyl sites for hydroxylation is 1. The van der Waals surface area contributed by atoms with E-state index in [1.165, 1.54) is 27.8 Å². The van der Waals surface area contributed by atoms with Crippen molar-refractivity contribution in [2.75, 3.05) is 6.54 Å². The van der Waals surface area contributed by atoms with Crippen LogP contribution in [0.4, 0.5) is 0 Å². The number of benzene rings is 3. The van der Waals surface area contributed by atoms with Gasteiger partial charge in [0.25, 0.3) is 0 Å². The summed E-state index contributed by atoms with van der Waals surface area (Å²) in [5.74, 6) is 0.886. The monoisotopic (exact) mass is 353 g/mol. The molecule has 3 aromatic carbocycles. The molecule has 0 aliphatic heterocycles. The summed E-state index contributed by atoms with van der Waals surface area (Å²) in [4.78, 5) is 0. The third-order valence-electron chi connectivity index (χ3n) is 4.07. The van der Waals surface area contributed by atoms with Gasteiger partial charge in [0, 0.05) is 0 Å². The largest absolute Gasteiger partial charge is 0.489 e. The second-order valence-electron chi connectivity index (χ2n) is 6.00. The molecule has 130 valence electrons. The van der Waals surface area contributed by atoms with Crippen molar-refractivity contribution in [1.29, 1.82) is 0 Å². The Hall–Kier alpha value is -2.29. The molecule has 0 spiro atoms. The van der Waals surface area contributed by atoms with E-state index in [0.717, 1.165) is 12.2 Å². The molecular weight excluding hydrogens is 330 g/mol. The van der Waals surface area contributed by atoms with E-state index in [1.54, 1.807) is 0 Å². The van der Waals surface area contributed by atoms with Crippen LogP contribution in [-0.4, -0.2) is 6.54 Å². The molecule has 3 rings (SSSR count). The molecular formula is C22H24ClNO. The third kappa shape index (κ3) is 5.09. The maximum absolute atomic E-state index is 5.96. The average Bonchev–Trinajstić information content (AvgIpc) is 2.63. The highest BCUT2D eigenvalue weighted by Gasteiger charge is 2.07. The summed E-state index contributed by atoms with van der Waals surface area (Å²) in [7, 11) is 0. The third-order valence-corrected chi connectivity index (χ3v) is 4.07. The van der Waals surface area contributed by atoms with Gasteiger partial charge in [-0.2, -0.15) is 0 Å². The van der Waals surface area contributed by atoms with E-state index in [9.17, 15) is 0 Å². The highest BCUT2D eigenvalue weighted by Crippen LogP contribution is 2.28. The zero-order chi connectivity index (χ0) is 16.8. The molecule has 0 amide bonds. The Morgan fingerprint density at radius 2 is 1.68 bits per heavy atom. The quantitative estimate of drug-likeness (QED) is 0.664. The van der Waals surface area contributed by atoms with Crippen LogP contribution in [0.5, 0.6) is 5.75 Å². The Bertz CT molecular complexity index is 802. The Morgan fingerprint density at radius 1 is 0.880 bits per heavy atom. The molecule has 0 heterocycles. The van der Waals surface area contributed by atoms with Crippen LogP contribution in [0.25, 0.3) is 11.1 Å². The molecule has 0 bridgehead atoms. The van der Waals surface area contributed by atoms with Gasteiger partial charge in [-0.05, 0) is 54.3 Å². The molecule has 0 atom stereocenters. The minimum Gasteiger partial charge on any atom is -0.489 e. The molecule has 0 aliphatic rings. The standard InChI is InChI=1S/C22H23NO.ClH/c1-17-10-11-19(12-13-23)22(14-17)20-8-5-9-21(15-20)24-16-18-6-3-2-4-7-18;/h2-11,14-15H,12-13,16,23H2,1H3;1H. The number of nitrogens with two attached hydrogens (primary N) is 1. The van der Waals surface area contributed by atoms with Gasteiger partial charge in [-0.1, -0.05) is 66.2 Å². The lowest BCUT2D eigenvalue weighted by Gasteiger charge is -2.12.